The number of benzene rings is 2. The molecule has 0 fully saturated rings. The van der Waals surface area contributed by atoms with Crippen LogP contribution in [-0.2, 0) is 39.1 Å². The van der Waals surface area contributed by atoms with Gasteiger partial charge in [0.25, 0.3) is 0 Å². The van der Waals surface area contributed by atoms with Crippen LogP contribution in [0.25, 0.3) is 11.0 Å². The minimum atomic E-state index is -3.33. The minimum Gasteiger partial charge on any atom is -0.489 e. The number of sulfonamides is 1. The summed E-state index contributed by atoms with van der Waals surface area (Å²) in [6.07, 6.45) is 2.78. The monoisotopic (exact) mass is 495 g/mol. The normalized spacial score (nSPS) is 11.6. The van der Waals surface area contributed by atoms with Gasteiger partial charge in [-0.1, -0.05) is 12.1 Å². The molecule has 0 aliphatic heterocycles. The van der Waals surface area contributed by atoms with Gasteiger partial charge in [0.05, 0.1) is 30.0 Å². The average molecular weight is 496 g/mol. The van der Waals surface area contributed by atoms with E-state index >= 15 is 0 Å². The van der Waals surface area contributed by atoms with Crippen molar-refractivity contribution in [1.29, 1.82) is 0 Å². The quantitative estimate of drug-likeness (QED) is 0.452. The van der Waals surface area contributed by atoms with Gasteiger partial charge in [0.2, 0.25) is 10.0 Å². The summed E-state index contributed by atoms with van der Waals surface area (Å²) < 4.78 is 42.5. The first kappa shape index (κ1) is 22.3. The number of nitrogens with one attached hydrogen (secondary N) is 1. The molecule has 0 spiro atoms. The van der Waals surface area contributed by atoms with Crippen molar-refractivity contribution in [1.82, 2.24) is 4.72 Å². The van der Waals surface area contributed by atoms with E-state index < -0.39 is 10.0 Å². The van der Waals surface area contributed by atoms with Crippen LogP contribution in [0.3, 0.4) is 0 Å². The predicted octanol–water partition coefficient (Wildman–Crippen LogP) is 3.93. The number of halogens is 1. The van der Waals surface area contributed by atoms with Crippen molar-refractivity contribution in [2.24, 2.45) is 0 Å². The van der Waals surface area contributed by atoms with Gasteiger partial charge in [-0.25, -0.2) is 13.1 Å². The number of ether oxygens (including phenoxy) is 2. The van der Waals surface area contributed by atoms with Gasteiger partial charge in [-0.05, 0) is 58.2 Å². The molecule has 3 aromatic rings. The van der Waals surface area contributed by atoms with Gasteiger partial charge < -0.3 is 13.9 Å². The van der Waals surface area contributed by atoms with E-state index in [9.17, 15) is 13.2 Å². The maximum absolute atomic E-state index is 12.0. The molecule has 0 amide bonds. The van der Waals surface area contributed by atoms with E-state index in [1.807, 2.05) is 18.2 Å². The van der Waals surface area contributed by atoms with Crippen LogP contribution in [0, 0.1) is 0 Å². The zero-order valence-electron chi connectivity index (χ0n) is 16.6. The molecule has 7 nitrogen and oxygen atoms in total. The maximum atomic E-state index is 12.0. The molecule has 0 unspecified atom stereocenters. The molecule has 1 aromatic heterocycles. The Bertz CT molecular complexity index is 1160. The molecule has 3 rings (SSSR count). The Morgan fingerprint density at radius 3 is 2.70 bits per heavy atom. The molecular weight excluding hydrogens is 474 g/mol. The zero-order chi connectivity index (χ0) is 21.7. The van der Waals surface area contributed by atoms with Crippen LogP contribution in [-0.4, -0.2) is 27.2 Å². The summed E-state index contributed by atoms with van der Waals surface area (Å²) >= 11 is 3.49. The van der Waals surface area contributed by atoms with E-state index in [4.69, 9.17) is 13.9 Å². The van der Waals surface area contributed by atoms with Gasteiger partial charge in [-0.15, -0.1) is 0 Å². The van der Waals surface area contributed by atoms with E-state index in [2.05, 4.69) is 20.7 Å². The third-order valence-electron chi connectivity index (χ3n) is 4.27. The molecule has 30 heavy (non-hydrogen) atoms. The van der Waals surface area contributed by atoms with Crippen molar-refractivity contribution in [3.8, 4) is 5.75 Å². The van der Waals surface area contributed by atoms with Gasteiger partial charge >= 0.3 is 5.97 Å². The number of rotatable bonds is 9. The zero-order valence-corrected chi connectivity index (χ0v) is 19.0. The second kappa shape index (κ2) is 9.63. The molecule has 0 radical (unpaired) electrons. The lowest BCUT2D eigenvalue weighted by molar-refractivity contribution is -0.142. The molecule has 160 valence electrons. The molecule has 2 aromatic carbocycles. The molecule has 0 saturated heterocycles. The van der Waals surface area contributed by atoms with Gasteiger partial charge in [-0.3, -0.25) is 4.79 Å². The number of carbonyl (C=O) groups excluding carboxylic acids is 1. The van der Waals surface area contributed by atoms with Crippen LogP contribution in [0.1, 0.15) is 23.6 Å². The van der Waals surface area contributed by atoms with Crippen molar-refractivity contribution in [2.75, 3.05) is 12.9 Å². The van der Waals surface area contributed by atoms with Gasteiger partial charge in [0.15, 0.2) is 0 Å². The fourth-order valence-electron chi connectivity index (χ4n) is 2.91. The van der Waals surface area contributed by atoms with E-state index in [0.717, 1.165) is 32.8 Å². The highest BCUT2D eigenvalue weighted by molar-refractivity contribution is 9.10. The Hall–Kier alpha value is -2.36. The molecule has 0 bridgehead atoms. The molecule has 0 atom stereocenters. The highest BCUT2D eigenvalue weighted by Gasteiger charge is 2.13. The lowest BCUT2D eigenvalue weighted by Crippen LogP contribution is -2.21. The Kier molecular flexibility index (Phi) is 7.17. The van der Waals surface area contributed by atoms with Crippen molar-refractivity contribution < 1.29 is 27.1 Å². The molecule has 0 saturated carbocycles. The molecular formula is C21H22BrNO6S. The van der Waals surface area contributed by atoms with Crippen LogP contribution in [0.2, 0.25) is 0 Å². The summed E-state index contributed by atoms with van der Waals surface area (Å²) in [5.41, 5.74) is 3.06. The van der Waals surface area contributed by atoms with Crippen molar-refractivity contribution >= 4 is 42.9 Å². The summed E-state index contributed by atoms with van der Waals surface area (Å²) in [6.45, 7) is 2.43. The molecule has 0 aliphatic rings. The Morgan fingerprint density at radius 2 is 1.97 bits per heavy atom. The molecule has 9 heteroatoms. The first-order valence-corrected chi connectivity index (χ1v) is 11.9. The number of fused-ring (bicyclic) bond motifs is 1. The highest BCUT2D eigenvalue weighted by atomic mass is 79.9. The SMILES string of the molecule is CCOC(=O)Cc1ccc(CNS(C)(=O)=O)cc1OCc1cc(Br)c2occc2c1. The highest BCUT2D eigenvalue weighted by Crippen LogP contribution is 2.28. The van der Waals surface area contributed by atoms with Gasteiger partial charge in [0, 0.05) is 17.5 Å². The summed E-state index contributed by atoms with van der Waals surface area (Å²) in [5.74, 6) is 0.145. The number of hydrogen-bond acceptors (Lipinski definition) is 6. The Labute approximate surface area is 183 Å². The topological polar surface area (TPSA) is 94.8 Å². The molecule has 0 aliphatic carbocycles. The Balaban J connectivity index is 1.82. The van der Waals surface area contributed by atoms with Crippen LogP contribution < -0.4 is 9.46 Å². The fraction of sp³-hybridized carbons (Fsp3) is 0.286. The summed E-state index contributed by atoms with van der Waals surface area (Å²) in [7, 11) is -3.33. The molecule has 1 N–H and O–H groups in total. The van der Waals surface area contributed by atoms with Crippen LogP contribution in [0.5, 0.6) is 5.75 Å². The largest absolute Gasteiger partial charge is 0.489 e. The summed E-state index contributed by atoms with van der Waals surface area (Å²) in [4.78, 5) is 12.0. The number of carbonyl (C=O) groups is 1. The van der Waals surface area contributed by atoms with E-state index in [1.54, 1.807) is 31.4 Å². The van der Waals surface area contributed by atoms with E-state index in [0.29, 0.717) is 17.9 Å². The van der Waals surface area contributed by atoms with Crippen molar-refractivity contribution in [2.45, 2.75) is 26.5 Å². The van der Waals surface area contributed by atoms with E-state index in [1.165, 1.54) is 0 Å². The summed E-state index contributed by atoms with van der Waals surface area (Å²) in [6, 6.07) is 11.0. The van der Waals surface area contributed by atoms with Crippen LogP contribution in [0.15, 0.2) is 51.6 Å². The van der Waals surface area contributed by atoms with Crippen molar-refractivity contribution in [3.05, 3.63) is 63.8 Å². The van der Waals surface area contributed by atoms with E-state index in [-0.39, 0.29) is 25.5 Å². The van der Waals surface area contributed by atoms with Gasteiger partial charge in [0.1, 0.15) is 17.9 Å². The lowest BCUT2D eigenvalue weighted by Gasteiger charge is -2.14. The molecule has 1 heterocycles. The number of esters is 1. The number of hydrogen-bond donors (Lipinski definition) is 1. The second-order valence-electron chi connectivity index (χ2n) is 6.72. The fourth-order valence-corrected chi connectivity index (χ4v) is 3.96. The minimum absolute atomic E-state index is 0.0629. The average Bonchev–Trinajstić information content (AvgIpc) is 3.15. The third kappa shape index (κ3) is 6.07. The van der Waals surface area contributed by atoms with Gasteiger partial charge in [-0.2, -0.15) is 0 Å². The first-order chi connectivity index (χ1) is 14.2. The Morgan fingerprint density at radius 1 is 1.17 bits per heavy atom. The first-order valence-electron chi connectivity index (χ1n) is 9.25. The summed E-state index contributed by atoms with van der Waals surface area (Å²) in [5, 5.41) is 0.945. The van der Waals surface area contributed by atoms with Crippen molar-refractivity contribution in [3.63, 3.8) is 0 Å². The standard InChI is InChI=1S/C21H22BrNO6S/c1-3-27-20(24)11-16-5-4-14(12-23-30(2,25)26)10-19(16)29-13-15-8-17-6-7-28-21(17)18(22)9-15/h4-10,23H,3,11-13H2,1-2H3. The maximum Gasteiger partial charge on any atom is 0.310 e. The lowest BCUT2D eigenvalue weighted by atomic mass is 10.1. The third-order valence-corrected chi connectivity index (χ3v) is 5.53. The smallest absolute Gasteiger partial charge is 0.310 e. The van der Waals surface area contributed by atoms with Crippen LogP contribution in [0.4, 0.5) is 0 Å². The van der Waals surface area contributed by atoms with Crippen LogP contribution >= 0.6 is 15.9 Å². The second-order valence-corrected chi connectivity index (χ2v) is 9.41. The number of furan rings is 1. The predicted molar refractivity (Wildman–Crippen MR) is 117 cm³/mol.